The molecule has 2 aromatic heterocycles. The molecule has 0 aliphatic heterocycles. The summed E-state index contributed by atoms with van der Waals surface area (Å²) in [6, 6.07) is 2.94. The first-order valence-corrected chi connectivity index (χ1v) is 10.5. The summed E-state index contributed by atoms with van der Waals surface area (Å²) >= 11 is 0.904. The van der Waals surface area contributed by atoms with Gasteiger partial charge in [-0.05, 0) is 44.9 Å². The van der Waals surface area contributed by atoms with Crippen molar-refractivity contribution in [1.29, 1.82) is 0 Å². The van der Waals surface area contributed by atoms with Crippen molar-refractivity contribution in [3.63, 3.8) is 0 Å². The number of rotatable bonds is 9. The highest BCUT2D eigenvalue weighted by Crippen LogP contribution is 2.34. The van der Waals surface area contributed by atoms with E-state index in [2.05, 4.69) is 10.3 Å². The van der Waals surface area contributed by atoms with Crippen LogP contribution < -0.4 is 5.32 Å². The third kappa shape index (κ3) is 5.88. The summed E-state index contributed by atoms with van der Waals surface area (Å²) in [5.41, 5.74) is 0.669. The minimum atomic E-state index is -1.11. The molecule has 0 saturated heterocycles. The molecule has 31 heavy (non-hydrogen) atoms. The second-order valence-electron chi connectivity index (χ2n) is 6.23. The molecule has 2 aromatic rings. The standard InChI is InChI=1S/C21H24N2O7S/c1-5-14(30-19(25)13-8-10-22-11-9-13)17(24)23-18-15(20(26)28-6-2)12(4)16(31-18)21(27)29-7-3/h8-11,14H,5-7H2,1-4H3,(H,23,24). The van der Waals surface area contributed by atoms with Gasteiger partial charge < -0.3 is 19.5 Å². The van der Waals surface area contributed by atoms with Gasteiger partial charge in [0.2, 0.25) is 0 Å². The molecule has 9 nitrogen and oxygen atoms in total. The van der Waals surface area contributed by atoms with Gasteiger partial charge in [-0.3, -0.25) is 9.78 Å². The van der Waals surface area contributed by atoms with E-state index in [4.69, 9.17) is 14.2 Å². The molecule has 0 aromatic carbocycles. The Morgan fingerprint density at radius 1 is 1.00 bits per heavy atom. The third-order valence-corrected chi connectivity index (χ3v) is 5.34. The first kappa shape index (κ1) is 24.0. The van der Waals surface area contributed by atoms with E-state index in [1.807, 2.05) is 0 Å². The SMILES string of the molecule is CCOC(=O)c1sc(NC(=O)C(CC)OC(=O)c2ccncc2)c(C(=O)OCC)c1C. The molecule has 1 atom stereocenters. The molecule has 0 radical (unpaired) electrons. The predicted octanol–water partition coefficient (Wildman–Crippen LogP) is 3.38. The number of carbonyl (C=O) groups is 4. The van der Waals surface area contributed by atoms with Crippen molar-refractivity contribution in [3.8, 4) is 0 Å². The number of hydrogen-bond acceptors (Lipinski definition) is 9. The zero-order chi connectivity index (χ0) is 23.0. The van der Waals surface area contributed by atoms with Gasteiger partial charge in [-0.25, -0.2) is 14.4 Å². The second-order valence-corrected chi connectivity index (χ2v) is 7.25. The average molecular weight is 448 g/mol. The van der Waals surface area contributed by atoms with E-state index in [1.54, 1.807) is 27.7 Å². The molecule has 0 bridgehead atoms. The Labute approximate surface area is 183 Å². The Balaban J connectivity index is 2.28. The number of hydrogen-bond donors (Lipinski definition) is 1. The Morgan fingerprint density at radius 2 is 1.61 bits per heavy atom. The van der Waals surface area contributed by atoms with Crippen LogP contribution in [0.5, 0.6) is 0 Å². The quantitative estimate of drug-likeness (QED) is 0.458. The highest BCUT2D eigenvalue weighted by atomic mass is 32.1. The normalized spacial score (nSPS) is 11.4. The number of anilines is 1. The van der Waals surface area contributed by atoms with Crippen molar-refractivity contribution in [2.75, 3.05) is 18.5 Å². The van der Waals surface area contributed by atoms with E-state index in [0.29, 0.717) is 5.56 Å². The summed E-state index contributed by atoms with van der Waals surface area (Å²) in [4.78, 5) is 53.8. The molecular weight excluding hydrogens is 424 g/mol. The van der Waals surface area contributed by atoms with Crippen LogP contribution in [-0.4, -0.2) is 48.1 Å². The van der Waals surface area contributed by atoms with Crippen LogP contribution in [0.1, 0.15) is 63.1 Å². The lowest BCUT2D eigenvalue weighted by Gasteiger charge is -2.16. The second kappa shape index (κ2) is 11.2. The van der Waals surface area contributed by atoms with Crippen molar-refractivity contribution in [2.45, 2.75) is 40.2 Å². The summed E-state index contributed by atoms with van der Waals surface area (Å²) in [5.74, 6) is -2.59. The predicted molar refractivity (Wildman–Crippen MR) is 113 cm³/mol. The van der Waals surface area contributed by atoms with Crippen LogP contribution in [0.4, 0.5) is 5.00 Å². The van der Waals surface area contributed by atoms with Gasteiger partial charge in [-0.1, -0.05) is 6.92 Å². The molecule has 1 amide bonds. The maximum absolute atomic E-state index is 12.8. The summed E-state index contributed by atoms with van der Waals surface area (Å²) in [6.07, 6.45) is 1.97. The maximum Gasteiger partial charge on any atom is 0.348 e. The molecule has 1 unspecified atom stereocenters. The van der Waals surface area contributed by atoms with Crippen molar-refractivity contribution in [2.24, 2.45) is 0 Å². The van der Waals surface area contributed by atoms with Gasteiger partial charge in [-0.15, -0.1) is 11.3 Å². The molecule has 0 aliphatic rings. The number of esters is 3. The summed E-state index contributed by atoms with van der Waals surface area (Å²) < 4.78 is 15.4. The van der Waals surface area contributed by atoms with E-state index >= 15 is 0 Å². The zero-order valence-corrected chi connectivity index (χ0v) is 18.5. The fraction of sp³-hybridized carbons (Fsp3) is 0.381. The van der Waals surface area contributed by atoms with Crippen molar-refractivity contribution in [1.82, 2.24) is 4.98 Å². The maximum atomic E-state index is 12.8. The third-order valence-electron chi connectivity index (χ3n) is 4.15. The lowest BCUT2D eigenvalue weighted by Crippen LogP contribution is -2.32. The van der Waals surface area contributed by atoms with E-state index in [1.165, 1.54) is 24.5 Å². The molecule has 166 valence electrons. The molecule has 10 heteroatoms. The number of pyridine rings is 1. The van der Waals surface area contributed by atoms with Crippen LogP contribution in [0, 0.1) is 6.92 Å². The number of amides is 1. The van der Waals surface area contributed by atoms with Gasteiger partial charge in [0.1, 0.15) is 9.88 Å². The Bertz CT molecular complexity index is 956. The molecule has 0 spiro atoms. The lowest BCUT2D eigenvalue weighted by atomic mass is 10.1. The van der Waals surface area contributed by atoms with Crippen LogP contribution in [0.3, 0.4) is 0 Å². The molecule has 0 saturated carbocycles. The summed E-state index contributed by atoms with van der Waals surface area (Å²) in [7, 11) is 0. The molecule has 2 rings (SSSR count). The van der Waals surface area contributed by atoms with Crippen molar-refractivity contribution in [3.05, 3.63) is 46.1 Å². The smallest absolute Gasteiger partial charge is 0.348 e. The molecule has 2 heterocycles. The fourth-order valence-electron chi connectivity index (χ4n) is 2.64. The van der Waals surface area contributed by atoms with Gasteiger partial charge in [0.25, 0.3) is 5.91 Å². The Morgan fingerprint density at radius 3 is 2.19 bits per heavy atom. The first-order valence-electron chi connectivity index (χ1n) is 9.73. The van der Waals surface area contributed by atoms with Gasteiger partial charge in [0.15, 0.2) is 6.10 Å². The highest BCUT2D eigenvalue weighted by Gasteiger charge is 2.29. The van der Waals surface area contributed by atoms with Gasteiger partial charge in [-0.2, -0.15) is 0 Å². The van der Waals surface area contributed by atoms with Crippen LogP contribution in [0.15, 0.2) is 24.5 Å². The minimum Gasteiger partial charge on any atom is -0.462 e. The summed E-state index contributed by atoms with van der Waals surface area (Å²) in [5, 5.41) is 2.72. The number of thiophene rings is 1. The van der Waals surface area contributed by atoms with E-state index in [-0.39, 0.29) is 40.6 Å². The molecule has 0 aliphatic carbocycles. The molecule has 1 N–H and O–H groups in total. The van der Waals surface area contributed by atoms with E-state index in [0.717, 1.165) is 11.3 Å². The van der Waals surface area contributed by atoms with Gasteiger partial charge in [0, 0.05) is 12.4 Å². The van der Waals surface area contributed by atoms with Crippen molar-refractivity contribution >= 4 is 40.2 Å². The fourth-order valence-corrected chi connectivity index (χ4v) is 3.73. The largest absolute Gasteiger partial charge is 0.462 e. The van der Waals surface area contributed by atoms with Crippen molar-refractivity contribution < 1.29 is 33.4 Å². The van der Waals surface area contributed by atoms with Crippen LogP contribution >= 0.6 is 11.3 Å². The Kier molecular flexibility index (Phi) is 8.68. The monoisotopic (exact) mass is 448 g/mol. The molecular formula is C21H24N2O7S. The first-order chi connectivity index (χ1) is 14.8. The minimum absolute atomic E-state index is 0.0681. The topological polar surface area (TPSA) is 121 Å². The zero-order valence-electron chi connectivity index (χ0n) is 17.7. The number of ether oxygens (including phenoxy) is 3. The van der Waals surface area contributed by atoms with Gasteiger partial charge in [0.05, 0.1) is 24.3 Å². The number of aromatic nitrogens is 1. The number of nitrogens with one attached hydrogen (secondary N) is 1. The number of nitrogens with zero attached hydrogens (tertiary/aromatic N) is 1. The average Bonchev–Trinajstić information content (AvgIpc) is 3.08. The van der Waals surface area contributed by atoms with E-state index < -0.39 is 29.9 Å². The number of carbonyl (C=O) groups excluding carboxylic acids is 4. The van der Waals surface area contributed by atoms with Crippen LogP contribution in [-0.2, 0) is 19.0 Å². The van der Waals surface area contributed by atoms with Gasteiger partial charge >= 0.3 is 17.9 Å². The Hall–Kier alpha value is -3.27. The van der Waals surface area contributed by atoms with Crippen LogP contribution in [0.25, 0.3) is 0 Å². The lowest BCUT2D eigenvalue weighted by molar-refractivity contribution is -0.124. The highest BCUT2D eigenvalue weighted by molar-refractivity contribution is 7.18. The van der Waals surface area contributed by atoms with E-state index in [9.17, 15) is 19.2 Å². The van der Waals surface area contributed by atoms with Crippen LogP contribution in [0.2, 0.25) is 0 Å². The molecule has 0 fully saturated rings. The summed E-state index contributed by atoms with van der Waals surface area (Å²) in [6.45, 7) is 6.85.